The van der Waals surface area contributed by atoms with Crippen molar-refractivity contribution in [3.8, 4) is 23.4 Å². The van der Waals surface area contributed by atoms with E-state index in [9.17, 15) is 14.4 Å². The predicted molar refractivity (Wildman–Crippen MR) is 113 cm³/mol. The minimum Gasteiger partial charge on any atom is -0.490 e. The molecule has 1 aliphatic rings. The lowest BCUT2D eigenvalue weighted by Crippen LogP contribution is -2.36. The molecule has 0 aliphatic heterocycles. The highest BCUT2D eigenvalue weighted by Gasteiger charge is 2.19. The summed E-state index contributed by atoms with van der Waals surface area (Å²) in [6.45, 7) is 2.11. The van der Waals surface area contributed by atoms with Gasteiger partial charge in [0.2, 0.25) is 11.1 Å². The lowest BCUT2D eigenvalue weighted by Gasteiger charge is -2.22. The lowest BCUT2D eigenvalue weighted by atomic mass is 9.95. The van der Waals surface area contributed by atoms with Gasteiger partial charge < -0.3 is 14.8 Å². The smallest absolute Gasteiger partial charge is 0.262 e. The Morgan fingerprint density at radius 3 is 2.84 bits per heavy atom. The van der Waals surface area contributed by atoms with Crippen LogP contribution in [-0.4, -0.2) is 28.5 Å². The van der Waals surface area contributed by atoms with E-state index >= 15 is 0 Å². The number of halogens is 2. The monoisotopic (exact) mass is 444 g/mol. The van der Waals surface area contributed by atoms with E-state index in [4.69, 9.17) is 21.1 Å². The van der Waals surface area contributed by atoms with Crippen LogP contribution < -0.4 is 14.8 Å². The Bertz CT molecular complexity index is 1020. The number of ether oxygens (including phenoxy) is 2. The van der Waals surface area contributed by atoms with Gasteiger partial charge in [-0.1, -0.05) is 25.3 Å². The first-order valence-corrected chi connectivity index (χ1v) is 10.4. The summed E-state index contributed by atoms with van der Waals surface area (Å²) >= 11 is 5.71. The predicted octanol–water partition coefficient (Wildman–Crippen LogP) is 4.82. The van der Waals surface area contributed by atoms with Gasteiger partial charge in [0.25, 0.3) is 11.8 Å². The number of hydrogen-bond donors (Lipinski definition) is 1. The molecule has 0 bridgehead atoms. The third-order valence-electron chi connectivity index (χ3n) is 4.77. The molecule has 1 heterocycles. The number of benzene rings is 1. The second-order valence-corrected chi connectivity index (χ2v) is 7.35. The second-order valence-electron chi connectivity index (χ2n) is 7.01. The van der Waals surface area contributed by atoms with E-state index in [1.54, 1.807) is 25.1 Å². The highest BCUT2D eigenvalue weighted by atomic mass is 35.5. The van der Waals surface area contributed by atoms with Crippen LogP contribution in [-0.2, 0) is 4.79 Å². The first kappa shape index (κ1) is 22.5. The van der Waals surface area contributed by atoms with Crippen LogP contribution in [0.15, 0.2) is 30.0 Å². The van der Waals surface area contributed by atoms with Crippen LogP contribution in [0.1, 0.15) is 44.6 Å². The molecule has 162 valence electrons. The number of carbonyl (C=O) groups excluding carboxylic acids is 1. The Kier molecular flexibility index (Phi) is 7.79. The Hall–Kier alpha value is -3.18. The summed E-state index contributed by atoms with van der Waals surface area (Å²) in [4.78, 5) is 19.8. The van der Waals surface area contributed by atoms with Crippen molar-refractivity contribution < 1.29 is 18.7 Å². The average molecular weight is 445 g/mol. The van der Waals surface area contributed by atoms with Crippen molar-refractivity contribution in [1.29, 1.82) is 5.26 Å². The number of nitrogens with zero attached hydrogens (tertiary/aromatic N) is 3. The maximum Gasteiger partial charge on any atom is 0.262 e. The molecular weight excluding hydrogens is 423 g/mol. The number of nitrogens with one attached hydrogen (secondary N) is 1. The number of amides is 1. The first-order valence-electron chi connectivity index (χ1n) is 10.1. The van der Waals surface area contributed by atoms with Crippen LogP contribution in [0.4, 0.5) is 4.39 Å². The van der Waals surface area contributed by atoms with E-state index in [1.807, 2.05) is 6.07 Å². The maximum atomic E-state index is 13.9. The van der Waals surface area contributed by atoms with Crippen molar-refractivity contribution in [1.82, 2.24) is 15.3 Å². The normalized spacial score (nSPS) is 14.6. The molecule has 0 radical (unpaired) electrons. The highest BCUT2D eigenvalue weighted by molar-refractivity contribution is 6.28. The number of hydrogen-bond acceptors (Lipinski definition) is 6. The summed E-state index contributed by atoms with van der Waals surface area (Å²) in [6, 6.07) is 6.83. The first-order chi connectivity index (χ1) is 15.0. The summed E-state index contributed by atoms with van der Waals surface area (Å²) < 4.78 is 25.0. The van der Waals surface area contributed by atoms with E-state index in [0.29, 0.717) is 17.9 Å². The number of carbonyl (C=O) groups is 1. The fraction of sp³-hybridized carbons (Fsp3) is 0.364. The zero-order chi connectivity index (χ0) is 22.2. The van der Waals surface area contributed by atoms with Gasteiger partial charge in [0, 0.05) is 6.04 Å². The molecule has 31 heavy (non-hydrogen) atoms. The molecule has 3 rings (SSSR count). The maximum absolute atomic E-state index is 13.9. The molecule has 0 atom stereocenters. The second kappa shape index (κ2) is 10.7. The summed E-state index contributed by atoms with van der Waals surface area (Å²) in [7, 11) is 0. The van der Waals surface area contributed by atoms with E-state index in [-0.39, 0.29) is 28.5 Å². The van der Waals surface area contributed by atoms with Crippen LogP contribution in [0, 0.1) is 17.1 Å². The topological polar surface area (TPSA) is 97.1 Å². The van der Waals surface area contributed by atoms with Crippen LogP contribution in [0.25, 0.3) is 6.08 Å². The molecule has 0 saturated heterocycles. The summed E-state index contributed by atoms with van der Waals surface area (Å²) in [5, 5.41) is 12.2. The van der Waals surface area contributed by atoms with E-state index in [2.05, 4.69) is 15.3 Å². The van der Waals surface area contributed by atoms with Gasteiger partial charge >= 0.3 is 0 Å². The quantitative estimate of drug-likeness (QED) is 0.373. The zero-order valence-electron chi connectivity index (χ0n) is 17.0. The van der Waals surface area contributed by atoms with Crippen molar-refractivity contribution in [2.45, 2.75) is 45.1 Å². The van der Waals surface area contributed by atoms with Crippen molar-refractivity contribution >= 4 is 23.6 Å². The van der Waals surface area contributed by atoms with Gasteiger partial charge in [-0.15, -0.1) is 0 Å². The van der Waals surface area contributed by atoms with Crippen molar-refractivity contribution in [2.75, 3.05) is 6.61 Å². The van der Waals surface area contributed by atoms with Gasteiger partial charge in [-0.2, -0.15) is 14.6 Å². The van der Waals surface area contributed by atoms with Gasteiger partial charge in [-0.05, 0) is 55.1 Å². The third-order valence-corrected chi connectivity index (χ3v) is 4.96. The number of nitriles is 1. The van der Waals surface area contributed by atoms with E-state index in [1.165, 1.54) is 12.5 Å². The molecule has 7 nitrogen and oxygen atoms in total. The summed E-state index contributed by atoms with van der Waals surface area (Å²) in [5.41, 5.74) is 0.558. The Morgan fingerprint density at radius 1 is 1.35 bits per heavy atom. The number of rotatable bonds is 7. The molecule has 1 N–H and O–H groups in total. The van der Waals surface area contributed by atoms with Crippen LogP contribution in [0.3, 0.4) is 0 Å². The van der Waals surface area contributed by atoms with Crippen LogP contribution in [0.5, 0.6) is 17.4 Å². The third kappa shape index (κ3) is 6.15. The molecule has 1 amide bonds. The van der Waals surface area contributed by atoms with E-state index < -0.39 is 11.7 Å². The van der Waals surface area contributed by atoms with Gasteiger partial charge in [0.05, 0.1) is 12.8 Å². The SMILES string of the molecule is CCOc1cc(/C=C(/C#N)C(=O)NC2CCCCC2)ccc1Oc1nc(Cl)ncc1F. The Labute approximate surface area is 184 Å². The lowest BCUT2D eigenvalue weighted by molar-refractivity contribution is -0.117. The average Bonchev–Trinajstić information content (AvgIpc) is 2.77. The van der Waals surface area contributed by atoms with Gasteiger partial charge in [-0.25, -0.2) is 4.98 Å². The summed E-state index contributed by atoms with van der Waals surface area (Å²) in [5.74, 6) is -1.01. The summed E-state index contributed by atoms with van der Waals surface area (Å²) in [6.07, 6.45) is 7.57. The molecule has 0 spiro atoms. The van der Waals surface area contributed by atoms with Crippen LogP contribution >= 0.6 is 11.6 Å². The van der Waals surface area contributed by atoms with Crippen molar-refractivity contribution in [2.24, 2.45) is 0 Å². The van der Waals surface area contributed by atoms with Crippen molar-refractivity contribution in [3.63, 3.8) is 0 Å². The molecular formula is C22H22ClFN4O3. The molecule has 0 unspecified atom stereocenters. The van der Waals surface area contributed by atoms with Gasteiger partial charge in [-0.3, -0.25) is 4.79 Å². The van der Waals surface area contributed by atoms with Crippen LogP contribution in [0.2, 0.25) is 5.28 Å². The fourth-order valence-electron chi connectivity index (χ4n) is 3.30. The number of aromatic nitrogens is 2. The molecule has 2 aromatic rings. The Balaban J connectivity index is 1.82. The molecule has 1 aromatic carbocycles. The molecule has 1 aromatic heterocycles. The molecule has 1 fully saturated rings. The molecule has 1 saturated carbocycles. The van der Waals surface area contributed by atoms with Gasteiger partial charge in [0.1, 0.15) is 11.6 Å². The standard InChI is InChI=1S/C22H22ClFN4O3/c1-2-30-19-11-14(8-9-18(19)31-21-17(24)13-26-22(23)28-21)10-15(12-25)20(29)27-16-6-4-3-5-7-16/h8-11,13,16H,2-7H2,1H3,(H,27,29)/b15-10-. The minimum atomic E-state index is -0.776. The van der Waals surface area contributed by atoms with Crippen molar-refractivity contribution in [3.05, 3.63) is 46.6 Å². The Morgan fingerprint density at radius 2 is 2.13 bits per heavy atom. The van der Waals surface area contributed by atoms with Gasteiger partial charge in [0.15, 0.2) is 11.5 Å². The zero-order valence-corrected chi connectivity index (χ0v) is 17.8. The fourth-order valence-corrected chi connectivity index (χ4v) is 3.42. The largest absolute Gasteiger partial charge is 0.490 e. The minimum absolute atomic E-state index is 0.00434. The molecule has 9 heteroatoms. The van der Waals surface area contributed by atoms with E-state index in [0.717, 1.165) is 31.9 Å². The molecule has 1 aliphatic carbocycles. The highest BCUT2D eigenvalue weighted by Crippen LogP contribution is 2.33.